The van der Waals surface area contributed by atoms with Crippen LogP contribution in [0.4, 0.5) is 28.9 Å². The number of hydrogen-bond acceptors (Lipinski definition) is 8. The Morgan fingerprint density at radius 2 is 2.03 bits per heavy atom. The van der Waals surface area contributed by atoms with Crippen LogP contribution >= 0.6 is 12.6 Å². The van der Waals surface area contributed by atoms with E-state index in [1.165, 1.54) is 18.4 Å². The smallest absolute Gasteiger partial charge is 0.419 e. The second kappa shape index (κ2) is 9.92. The maximum atomic E-state index is 15.2. The lowest BCUT2D eigenvalue weighted by Crippen LogP contribution is -2.51. The average molecular weight is 548 g/mol. The Bertz CT molecular complexity index is 1390. The molecule has 2 aromatic heterocycles. The first-order valence-electron chi connectivity index (χ1n) is 11.7. The molecule has 2 saturated heterocycles. The molecule has 198 valence electrons. The minimum absolute atomic E-state index is 0.0469. The van der Waals surface area contributed by atoms with Crippen molar-refractivity contribution in [3.05, 3.63) is 71.5 Å². The van der Waals surface area contributed by atoms with Crippen LogP contribution in [-0.4, -0.2) is 40.1 Å². The molecule has 4 heterocycles. The van der Waals surface area contributed by atoms with E-state index in [1.54, 1.807) is 23.2 Å². The maximum absolute atomic E-state index is 15.2. The molecule has 0 bridgehead atoms. The van der Waals surface area contributed by atoms with E-state index in [9.17, 15) is 18.0 Å². The number of nitrogens with zero attached hydrogens (tertiary/aromatic N) is 5. The second-order valence-corrected chi connectivity index (χ2v) is 9.44. The van der Waals surface area contributed by atoms with Gasteiger partial charge in [-0.25, -0.2) is 14.4 Å². The highest BCUT2D eigenvalue weighted by molar-refractivity contribution is 7.81. The molecule has 2 atom stereocenters. The summed E-state index contributed by atoms with van der Waals surface area (Å²) in [5.41, 5.74) is -3.84. The normalized spacial score (nSPS) is 21.5. The molecule has 3 aromatic rings. The zero-order valence-electron chi connectivity index (χ0n) is 19.8. The fourth-order valence-electron chi connectivity index (χ4n) is 4.90. The van der Waals surface area contributed by atoms with Gasteiger partial charge in [-0.15, -0.1) is 12.6 Å². The number of nitriles is 1. The second-order valence-electron chi connectivity index (χ2n) is 8.98. The summed E-state index contributed by atoms with van der Waals surface area (Å²) in [6.45, 7) is 0.187. The summed E-state index contributed by atoms with van der Waals surface area (Å²) in [6.07, 6.45) is 0.986. The number of amides is 1. The first kappa shape index (κ1) is 26.0. The van der Waals surface area contributed by atoms with Crippen LogP contribution in [0.3, 0.4) is 0 Å². The van der Waals surface area contributed by atoms with Crippen molar-refractivity contribution in [1.82, 2.24) is 9.97 Å². The van der Waals surface area contributed by atoms with Gasteiger partial charge in [-0.3, -0.25) is 9.69 Å². The van der Waals surface area contributed by atoms with Gasteiger partial charge in [0.2, 0.25) is 0 Å². The number of oxazole rings is 1. The first-order valence-corrected chi connectivity index (χ1v) is 12.2. The Hall–Kier alpha value is -3.63. The highest BCUT2D eigenvalue weighted by Crippen LogP contribution is 2.45. The number of thiol groups is 1. The van der Waals surface area contributed by atoms with E-state index in [-0.39, 0.29) is 25.3 Å². The van der Waals surface area contributed by atoms with Crippen LogP contribution in [0.2, 0.25) is 0 Å². The number of anilines is 2. The summed E-state index contributed by atoms with van der Waals surface area (Å²) in [7, 11) is 0. The SMILES string of the molecule is N#Cc1ncc(N2C(=O)C3(CCOC3)N(c3ccc(CCCc4ncco4)c(F)c3)C2S)cc1C(F)(F)F. The number of pyridine rings is 1. The standard InChI is InChI=1S/C25H21F4N5O3S/c26-19-11-16(5-4-15(19)2-1-3-21-31-7-9-37-21)34-23(38)33(22(35)24(34)6-8-36-14-24)17-10-18(25(27,28)29)20(12-30)32-13-17/h4-5,7,9-11,13,23,38H,1-3,6,8,14H2. The molecular weight excluding hydrogens is 526 g/mol. The molecule has 0 N–H and O–H groups in total. The predicted molar refractivity (Wildman–Crippen MR) is 130 cm³/mol. The molecule has 2 aliphatic heterocycles. The number of aryl methyl sites for hydroxylation is 2. The highest BCUT2D eigenvalue weighted by Gasteiger charge is 2.59. The van der Waals surface area contributed by atoms with Gasteiger partial charge >= 0.3 is 6.18 Å². The van der Waals surface area contributed by atoms with Gasteiger partial charge in [0.25, 0.3) is 5.91 Å². The van der Waals surface area contributed by atoms with Gasteiger partial charge in [0.05, 0.1) is 30.3 Å². The Labute approximate surface area is 220 Å². The van der Waals surface area contributed by atoms with Crippen LogP contribution in [0.25, 0.3) is 0 Å². The van der Waals surface area contributed by atoms with E-state index in [4.69, 9.17) is 14.4 Å². The minimum atomic E-state index is -4.86. The summed E-state index contributed by atoms with van der Waals surface area (Å²) < 4.78 is 66.7. The summed E-state index contributed by atoms with van der Waals surface area (Å²) in [6, 6.07) is 6.69. The Kier molecular flexibility index (Phi) is 6.79. The Balaban J connectivity index is 1.46. The summed E-state index contributed by atoms with van der Waals surface area (Å²) >= 11 is 4.58. The van der Waals surface area contributed by atoms with Crippen molar-refractivity contribution < 1.29 is 31.5 Å². The number of rotatable bonds is 6. The molecular formula is C25H21F4N5O3S. The van der Waals surface area contributed by atoms with Crippen molar-refractivity contribution in [3.8, 4) is 6.07 Å². The van der Waals surface area contributed by atoms with E-state index in [0.29, 0.717) is 42.5 Å². The van der Waals surface area contributed by atoms with E-state index in [1.807, 2.05) is 0 Å². The van der Waals surface area contributed by atoms with Crippen molar-refractivity contribution in [1.29, 1.82) is 5.26 Å². The van der Waals surface area contributed by atoms with Gasteiger partial charge in [0.1, 0.15) is 23.7 Å². The number of carbonyl (C=O) groups is 1. The van der Waals surface area contributed by atoms with Crippen molar-refractivity contribution in [2.75, 3.05) is 23.0 Å². The van der Waals surface area contributed by atoms with Crippen LogP contribution in [0.5, 0.6) is 0 Å². The third kappa shape index (κ3) is 4.48. The Morgan fingerprint density at radius 3 is 2.66 bits per heavy atom. The van der Waals surface area contributed by atoms with Gasteiger partial charge in [0, 0.05) is 25.1 Å². The molecule has 1 aromatic carbocycles. The average Bonchev–Trinajstić information content (AvgIpc) is 3.62. The molecule has 2 unspecified atom stereocenters. The van der Waals surface area contributed by atoms with E-state index in [2.05, 4.69) is 22.6 Å². The van der Waals surface area contributed by atoms with Crippen molar-refractivity contribution in [3.63, 3.8) is 0 Å². The van der Waals surface area contributed by atoms with E-state index >= 15 is 4.39 Å². The number of hydrogen-bond donors (Lipinski definition) is 1. The summed E-state index contributed by atoms with van der Waals surface area (Å²) in [4.78, 5) is 24.0. The van der Waals surface area contributed by atoms with Gasteiger partial charge in [-0.05, 0) is 36.6 Å². The molecule has 0 aliphatic carbocycles. The van der Waals surface area contributed by atoms with Crippen molar-refractivity contribution in [2.24, 2.45) is 0 Å². The van der Waals surface area contributed by atoms with E-state index in [0.717, 1.165) is 11.1 Å². The molecule has 1 spiro atoms. The van der Waals surface area contributed by atoms with Crippen LogP contribution in [0.15, 0.2) is 47.3 Å². The topological polar surface area (TPSA) is 95.5 Å². The maximum Gasteiger partial charge on any atom is 0.419 e. The predicted octanol–water partition coefficient (Wildman–Crippen LogP) is 4.50. The lowest BCUT2D eigenvalue weighted by molar-refractivity contribution is -0.138. The van der Waals surface area contributed by atoms with Crippen molar-refractivity contribution in [2.45, 2.75) is 42.9 Å². The molecule has 5 rings (SSSR count). The quantitative estimate of drug-likeness (QED) is 0.359. The van der Waals surface area contributed by atoms with Gasteiger partial charge in [-0.2, -0.15) is 18.4 Å². The van der Waals surface area contributed by atoms with E-state index < -0.39 is 40.2 Å². The first-order chi connectivity index (χ1) is 18.2. The molecule has 2 fully saturated rings. The molecule has 8 nitrogen and oxygen atoms in total. The molecule has 13 heteroatoms. The largest absolute Gasteiger partial charge is 0.449 e. The molecule has 2 aliphatic rings. The monoisotopic (exact) mass is 547 g/mol. The van der Waals surface area contributed by atoms with Crippen molar-refractivity contribution >= 4 is 29.9 Å². The lowest BCUT2D eigenvalue weighted by Gasteiger charge is -2.34. The minimum Gasteiger partial charge on any atom is -0.449 e. The number of halogens is 4. The molecule has 0 radical (unpaired) electrons. The lowest BCUT2D eigenvalue weighted by atomic mass is 9.95. The third-order valence-electron chi connectivity index (χ3n) is 6.74. The summed E-state index contributed by atoms with van der Waals surface area (Å²) in [5, 5.41) is 9.07. The zero-order valence-corrected chi connectivity index (χ0v) is 20.7. The number of alkyl halides is 3. The molecule has 0 saturated carbocycles. The number of ether oxygens (including phenoxy) is 1. The third-order valence-corrected chi connectivity index (χ3v) is 7.20. The van der Waals surface area contributed by atoms with Crippen LogP contribution < -0.4 is 9.80 Å². The summed E-state index contributed by atoms with van der Waals surface area (Å²) in [5.74, 6) is -0.482. The number of aromatic nitrogens is 2. The number of carbonyl (C=O) groups excluding carboxylic acids is 1. The van der Waals surface area contributed by atoms with Gasteiger partial charge in [-0.1, -0.05) is 6.07 Å². The molecule has 38 heavy (non-hydrogen) atoms. The van der Waals surface area contributed by atoms with Crippen LogP contribution in [0, 0.1) is 17.1 Å². The zero-order chi connectivity index (χ0) is 27.1. The van der Waals surface area contributed by atoms with Gasteiger partial charge in [0.15, 0.2) is 17.1 Å². The molecule has 1 amide bonds. The van der Waals surface area contributed by atoms with Crippen LogP contribution in [-0.2, 0) is 28.5 Å². The fraction of sp³-hybridized carbons (Fsp3) is 0.360. The number of benzene rings is 1. The van der Waals surface area contributed by atoms with Crippen LogP contribution in [0.1, 0.15) is 35.6 Å². The van der Waals surface area contributed by atoms with Gasteiger partial charge < -0.3 is 14.1 Å². The fourth-order valence-corrected chi connectivity index (χ4v) is 5.49. The Morgan fingerprint density at radius 1 is 1.21 bits per heavy atom. The highest BCUT2D eigenvalue weighted by atomic mass is 32.1.